The third kappa shape index (κ3) is 5.27. The molecule has 0 unspecified atom stereocenters. The SMILES string of the molecule is CCCCOC(=O)CCN(C)Cc1ncnn1C. The zero-order chi connectivity index (χ0) is 13.4. The van der Waals surface area contributed by atoms with E-state index in [0.717, 1.165) is 18.7 Å². The second-order valence-electron chi connectivity index (χ2n) is 4.36. The lowest BCUT2D eigenvalue weighted by Crippen LogP contribution is -2.24. The second kappa shape index (κ2) is 7.81. The molecule has 0 aliphatic carbocycles. The van der Waals surface area contributed by atoms with Gasteiger partial charge >= 0.3 is 5.97 Å². The van der Waals surface area contributed by atoms with Crippen molar-refractivity contribution in [1.82, 2.24) is 19.7 Å². The van der Waals surface area contributed by atoms with E-state index in [1.807, 2.05) is 19.0 Å². The summed E-state index contributed by atoms with van der Waals surface area (Å²) < 4.78 is 6.83. The van der Waals surface area contributed by atoms with Crippen molar-refractivity contribution in [1.29, 1.82) is 0 Å². The van der Waals surface area contributed by atoms with Gasteiger partial charge in [0.25, 0.3) is 0 Å². The van der Waals surface area contributed by atoms with Gasteiger partial charge < -0.3 is 4.74 Å². The van der Waals surface area contributed by atoms with Crippen molar-refractivity contribution >= 4 is 5.97 Å². The number of esters is 1. The Labute approximate surface area is 108 Å². The van der Waals surface area contributed by atoms with Crippen molar-refractivity contribution in [3.8, 4) is 0 Å². The van der Waals surface area contributed by atoms with Crippen LogP contribution >= 0.6 is 0 Å². The lowest BCUT2D eigenvalue weighted by atomic mass is 10.3. The molecule has 0 aliphatic heterocycles. The minimum Gasteiger partial charge on any atom is -0.466 e. The average Bonchev–Trinajstić information content (AvgIpc) is 2.73. The zero-order valence-electron chi connectivity index (χ0n) is 11.4. The minimum absolute atomic E-state index is 0.131. The van der Waals surface area contributed by atoms with Gasteiger partial charge in [-0.1, -0.05) is 13.3 Å². The molecule has 0 aromatic carbocycles. The van der Waals surface area contributed by atoms with Gasteiger partial charge in [0.1, 0.15) is 12.2 Å². The highest BCUT2D eigenvalue weighted by Crippen LogP contribution is 1.99. The number of hydrogen-bond donors (Lipinski definition) is 0. The predicted octanol–water partition coefficient (Wildman–Crippen LogP) is 0.980. The number of hydrogen-bond acceptors (Lipinski definition) is 5. The summed E-state index contributed by atoms with van der Waals surface area (Å²) in [6.45, 7) is 3.95. The summed E-state index contributed by atoms with van der Waals surface area (Å²) in [6, 6.07) is 0. The van der Waals surface area contributed by atoms with E-state index in [9.17, 15) is 4.79 Å². The van der Waals surface area contributed by atoms with E-state index in [4.69, 9.17) is 4.74 Å². The maximum absolute atomic E-state index is 11.4. The van der Waals surface area contributed by atoms with Crippen LogP contribution in [0.25, 0.3) is 0 Å². The Bertz CT molecular complexity index is 365. The number of aryl methyl sites for hydroxylation is 1. The van der Waals surface area contributed by atoms with Crippen LogP contribution in [0, 0.1) is 0 Å². The van der Waals surface area contributed by atoms with Gasteiger partial charge in [-0.2, -0.15) is 5.10 Å². The largest absolute Gasteiger partial charge is 0.466 e. The highest BCUT2D eigenvalue weighted by atomic mass is 16.5. The van der Waals surface area contributed by atoms with E-state index in [1.165, 1.54) is 6.33 Å². The molecular weight excluding hydrogens is 232 g/mol. The molecular formula is C12H22N4O2. The first-order chi connectivity index (χ1) is 8.63. The molecule has 0 saturated carbocycles. The fraction of sp³-hybridized carbons (Fsp3) is 0.750. The van der Waals surface area contributed by atoms with Crippen molar-refractivity contribution in [2.75, 3.05) is 20.2 Å². The number of carbonyl (C=O) groups excluding carboxylic acids is 1. The molecule has 1 aromatic rings. The van der Waals surface area contributed by atoms with Gasteiger partial charge in [-0.05, 0) is 13.5 Å². The first kappa shape index (κ1) is 14.6. The van der Waals surface area contributed by atoms with Crippen LogP contribution in [-0.4, -0.2) is 45.8 Å². The molecule has 6 nitrogen and oxygen atoms in total. The average molecular weight is 254 g/mol. The first-order valence-electron chi connectivity index (χ1n) is 6.30. The Morgan fingerprint density at radius 2 is 2.33 bits per heavy atom. The highest BCUT2D eigenvalue weighted by Gasteiger charge is 2.08. The van der Waals surface area contributed by atoms with E-state index < -0.39 is 0 Å². The Hall–Kier alpha value is -1.43. The van der Waals surface area contributed by atoms with E-state index >= 15 is 0 Å². The number of carbonyl (C=O) groups is 1. The predicted molar refractivity (Wildman–Crippen MR) is 67.8 cm³/mol. The Balaban J connectivity index is 2.19. The van der Waals surface area contributed by atoms with Crippen molar-refractivity contribution in [3.05, 3.63) is 12.2 Å². The Morgan fingerprint density at radius 1 is 1.56 bits per heavy atom. The third-order valence-corrected chi connectivity index (χ3v) is 2.68. The number of ether oxygens (including phenoxy) is 1. The van der Waals surface area contributed by atoms with Gasteiger partial charge in [0, 0.05) is 13.6 Å². The molecule has 0 aliphatic rings. The molecule has 102 valence electrons. The lowest BCUT2D eigenvalue weighted by molar-refractivity contribution is -0.144. The number of rotatable bonds is 8. The van der Waals surface area contributed by atoms with Gasteiger partial charge in [-0.3, -0.25) is 14.4 Å². The molecule has 0 amide bonds. The molecule has 0 fully saturated rings. The minimum atomic E-state index is -0.131. The summed E-state index contributed by atoms with van der Waals surface area (Å²) in [5, 5.41) is 4.00. The standard InChI is InChI=1S/C12H22N4O2/c1-4-5-8-18-12(17)6-7-15(2)9-11-13-10-14-16(11)3/h10H,4-9H2,1-3H3. The van der Waals surface area contributed by atoms with Crippen molar-refractivity contribution < 1.29 is 9.53 Å². The van der Waals surface area contributed by atoms with E-state index in [2.05, 4.69) is 17.0 Å². The molecule has 0 bridgehead atoms. The van der Waals surface area contributed by atoms with Crippen LogP contribution in [-0.2, 0) is 23.1 Å². The van der Waals surface area contributed by atoms with Gasteiger partial charge in [0.05, 0.1) is 19.6 Å². The summed E-state index contributed by atoms with van der Waals surface area (Å²) in [4.78, 5) is 17.6. The van der Waals surface area contributed by atoms with Crippen LogP contribution in [0.5, 0.6) is 0 Å². The quantitative estimate of drug-likeness (QED) is 0.511. The van der Waals surface area contributed by atoms with Crippen LogP contribution in [0.3, 0.4) is 0 Å². The molecule has 1 rings (SSSR count). The molecule has 1 aromatic heterocycles. The van der Waals surface area contributed by atoms with E-state index in [0.29, 0.717) is 26.1 Å². The van der Waals surface area contributed by atoms with Crippen LogP contribution in [0.15, 0.2) is 6.33 Å². The van der Waals surface area contributed by atoms with Crippen LogP contribution in [0.1, 0.15) is 32.0 Å². The molecule has 0 N–H and O–H groups in total. The van der Waals surface area contributed by atoms with Gasteiger partial charge in [0.15, 0.2) is 0 Å². The van der Waals surface area contributed by atoms with E-state index in [1.54, 1.807) is 4.68 Å². The molecule has 0 radical (unpaired) electrons. The molecule has 0 saturated heterocycles. The molecule has 18 heavy (non-hydrogen) atoms. The normalized spacial score (nSPS) is 10.9. The molecule has 6 heteroatoms. The van der Waals surface area contributed by atoms with Crippen molar-refractivity contribution in [2.24, 2.45) is 7.05 Å². The van der Waals surface area contributed by atoms with E-state index in [-0.39, 0.29) is 5.97 Å². The summed E-state index contributed by atoms with van der Waals surface area (Å²) in [5.41, 5.74) is 0. The second-order valence-corrected chi connectivity index (χ2v) is 4.36. The summed E-state index contributed by atoms with van der Waals surface area (Å²) in [6.07, 6.45) is 3.92. The number of unbranched alkanes of at least 4 members (excludes halogenated alkanes) is 1. The maximum atomic E-state index is 11.4. The van der Waals surface area contributed by atoms with Crippen LogP contribution < -0.4 is 0 Å². The fourth-order valence-corrected chi connectivity index (χ4v) is 1.47. The van der Waals surface area contributed by atoms with Gasteiger partial charge in [0.2, 0.25) is 0 Å². The zero-order valence-corrected chi connectivity index (χ0v) is 11.4. The number of nitrogens with zero attached hydrogens (tertiary/aromatic N) is 4. The smallest absolute Gasteiger partial charge is 0.307 e. The topological polar surface area (TPSA) is 60.2 Å². The molecule has 0 atom stereocenters. The van der Waals surface area contributed by atoms with Gasteiger partial charge in [-0.25, -0.2) is 4.98 Å². The van der Waals surface area contributed by atoms with Crippen LogP contribution in [0.4, 0.5) is 0 Å². The van der Waals surface area contributed by atoms with Crippen molar-refractivity contribution in [3.63, 3.8) is 0 Å². The fourth-order valence-electron chi connectivity index (χ4n) is 1.47. The highest BCUT2D eigenvalue weighted by molar-refractivity contribution is 5.69. The number of aromatic nitrogens is 3. The first-order valence-corrected chi connectivity index (χ1v) is 6.30. The van der Waals surface area contributed by atoms with Crippen LogP contribution in [0.2, 0.25) is 0 Å². The Kier molecular flexibility index (Phi) is 6.35. The third-order valence-electron chi connectivity index (χ3n) is 2.68. The molecule has 0 spiro atoms. The van der Waals surface area contributed by atoms with Crippen molar-refractivity contribution in [2.45, 2.75) is 32.7 Å². The summed E-state index contributed by atoms with van der Waals surface area (Å²) >= 11 is 0. The monoisotopic (exact) mass is 254 g/mol. The summed E-state index contributed by atoms with van der Waals surface area (Å²) in [7, 11) is 3.81. The molecule has 1 heterocycles. The summed E-state index contributed by atoms with van der Waals surface area (Å²) in [5.74, 6) is 0.755. The maximum Gasteiger partial charge on any atom is 0.307 e. The van der Waals surface area contributed by atoms with Gasteiger partial charge in [-0.15, -0.1) is 0 Å². The lowest BCUT2D eigenvalue weighted by Gasteiger charge is -2.15. The Morgan fingerprint density at radius 3 is 2.94 bits per heavy atom.